The summed E-state index contributed by atoms with van der Waals surface area (Å²) in [5, 5.41) is 11.4. The van der Waals surface area contributed by atoms with Gasteiger partial charge in [0.15, 0.2) is 5.78 Å². The molecule has 172 valence electrons. The molecule has 0 aliphatic heterocycles. The standard InChI is InChI=1S/C28H23ClFNO3/c29-22-12-8-18(9-13-22)4-3-7-27(32)20-11-10-19(25(30)14-20)15-26-24-6-2-1-5-23(24)21(17-31-26)16-28(33)34/h1-2,5-6,8-14,17H,3-4,7,15-16H2,(H,33,34). The third-order valence-electron chi connectivity index (χ3n) is 5.82. The molecule has 1 N–H and O–H groups in total. The van der Waals surface area contributed by atoms with E-state index in [1.54, 1.807) is 18.3 Å². The van der Waals surface area contributed by atoms with Crippen molar-refractivity contribution in [1.29, 1.82) is 0 Å². The third kappa shape index (κ3) is 5.67. The first-order valence-electron chi connectivity index (χ1n) is 11.0. The number of hydrogen-bond donors (Lipinski definition) is 1. The Kier molecular flexibility index (Phi) is 7.33. The summed E-state index contributed by atoms with van der Waals surface area (Å²) in [6.45, 7) is 0. The second-order valence-electron chi connectivity index (χ2n) is 8.23. The van der Waals surface area contributed by atoms with Gasteiger partial charge in [0, 0.05) is 35.0 Å². The number of aliphatic carboxylic acids is 1. The fourth-order valence-electron chi connectivity index (χ4n) is 4.05. The predicted octanol–water partition coefficient (Wildman–Crippen LogP) is 6.45. The van der Waals surface area contributed by atoms with Crippen LogP contribution in [-0.2, 0) is 24.1 Å². The predicted molar refractivity (Wildman–Crippen MR) is 131 cm³/mol. The fourth-order valence-corrected chi connectivity index (χ4v) is 4.17. The summed E-state index contributed by atoms with van der Waals surface area (Å²) in [6.07, 6.45) is 3.41. The molecule has 0 amide bonds. The van der Waals surface area contributed by atoms with Crippen molar-refractivity contribution in [2.45, 2.75) is 32.1 Å². The molecule has 0 spiro atoms. The van der Waals surface area contributed by atoms with Gasteiger partial charge in [0.05, 0.1) is 12.1 Å². The lowest BCUT2D eigenvalue weighted by Crippen LogP contribution is -2.05. The van der Waals surface area contributed by atoms with Crippen molar-refractivity contribution >= 4 is 34.1 Å². The van der Waals surface area contributed by atoms with Crippen LogP contribution in [0.25, 0.3) is 10.8 Å². The lowest BCUT2D eigenvalue weighted by molar-refractivity contribution is -0.136. The molecule has 0 unspecified atom stereocenters. The first kappa shape index (κ1) is 23.6. The normalized spacial score (nSPS) is 11.0. The number of nitrogens with zero attached hydrogens (tertiary/aromatic N) is 1. The fraction of sp³-hybridized carbons (Fsp3) is 0.179. The number of carbonyl (C=O) groups excluding carboxylic acids is 1. The van der Waals surface area contributed by atoms with Crippen molar-refractivity contribution in [3.8, 4) is 0 Å². The molecule has 4 aromatic rings. The van der Waals surface area contributed by atoms with Gasteiger partial charge in [-0.15, -0.1) is 0 Å². The van der Waals surface area contributed by atoms with Crippen LogP contribution in [0.3, 0.4) is 0 Å². The van der Waals surface area contributed by atoms with Crippen LogP contribution in [0, 0.1) is 5.82 Å². The SMILES string of the molecule is O=C(O)Cc1cnc(Cc2ccc(C(=O)CCCc3ccc(Cl)cc3)cc2F)c2ccccc12. The van der Waals surface area contributed by atoms with E-state index >= 15 is 0 Å². The van der Waals surface area contributed by atoms with Crippen LogP contribution in [0.2, 0.25) is 5.02 Å². The number of hydrogen-bond acceptors (Lipinski definition) is 3. The molecule has 0 fully saturated rings. The molecule has 0 aliphatic rings. The maximum atomic E-state index is 14.9. The highest BCUT2D eigenvalue weighted by molar-refractivity contribution is 6.30. The summed E-state index contributed by atoms with van der Waals surface area (Å²) >= 11 is 5.89. The quantitative estimate of drug-likeness (QED) is 0.282. The molecule has 0 saturated heterocycles. The molecule has 0 saturated carbocycles. The smallest absolute Gasteiger partial charge is 0.307 e. The second kappa shape index (κ2) is 10.6. The average molecular weight is 476 g/mol. The number of benzene rings is 3. The molecular formula is C28H23ClFNO3. The minimum atomic E-state index is -0.931. The molecule has 0 atom stereocenters. The number of rotatable bonds is 9. The average Bonchev–Trinajstić information content (AvgIpc) is 2.82. The van der Waals surface area contributed by atoms with Gasteiger partial charge in [-0.1, -0.05) is 60.1 Å². The summed E-state index contributed by atoms with van der Waals surface area (Å²) in [7, 11) is 0. The maximum absolute atomic E-state index is 14.9. The first-order valence-corrected chi connectivity index (χ1v) is 11.4. The van der Waals surface area contributed by atoms with Gasteiger partial charge in [0.1, 0.15) is 5.82 Å². The molecule has 4 rings (SSSR count). The minimum Gasteiger partial charge on any atom is -0.481 e. The van der Waals surface area contributed by atoms with Crippen molar-refractivity contribution in [3.63, 3.8) is 0 Å². The van der Waals surface area contributed by atoms with Crippen molar-refractivity contribution in [2.24, 2.45) is 0 Å². The zero-order valence-corrected chi connectivity index (χ0v) is 19.2. The Morgan fingerprint density at radius 2 is 1.68 bits per heavy atom. The van der Waals surface area contributed by atoms with Gasteiger partial charge in [-0.3, -0.25) is 14.6 Å². The van der Waals surface area contributed by atoms with Crippen LogP contribution in [0.5, 0.6) is 0 Å². The summed E-state index contributed by atoms with van der Waals surface area (Å²) in [5.41, 5.74) is 3.17. The van der Waals surface area contributed by atoms with Gasteiger partial charge in [-0.05, 0) is 53.1 Å². The lowest BCUT2D eigenvalue weighted by atomic mass is 9.97. The number of pyridine rings is 1. The van der Waals surface area contributed by atoms with Gasteiger partial charge in [-0.25, -0.2) is 4.39 Å². The number of aryl methyl sites for hydroxylation is 1. The van der Waals surface area contributed by atoms with E-state index in [4.69, 9.17) is 16.7 Å². The number of carboxylic acids is 1. The highest BCUT2D eigenvalue weighted by Gasteiger charge is 2.14. The van der Waals surface area contributed by atoms with E-state index in [-0.39, 0.29) is 18.6 Å². The molecule has 0 bridgehead atoms. The van der Waals surface area contributed by atoms with E-state index in [1.807, 2.05) is 48.5 Å². The molecule has 34 heavy (non-hydrogen) atoms. The number of Topliss-reactive ketones (excluding diaryl/α,β-unsaturated/α-hetero) is 1. The van der Waals surface area contributed by atoms with E-state index in [9.17, 15) is 14.0 Å². The zero-order valence-electron chi connectivity index (χ0n) is 18.4. The van der Waals surface area contributed by atoms with Crippen LogP contribution in [-0.4, -0.2) is 21.8 Å². The van der Waals surface area contributed by atoms with E-state index in [1.165, 1.54) is 6.07 Å². The molecule has 0 radical (unpaired) electrons. The molecule has 0 aliphatic carbocycles. The summed E-state index contributed by atoms with van der Waals surface area (Å²) in [5.74, 6) is -1.48. The third-order valence-corrected chi connectivity index (χ3v) is 6.07. The Balaban J connectivity index is 1.46. The molecule has 6 heteroatoms. The Morgan fingerprint density at radius 3 is 2.38 bits per heavy atom. The van der Waals surface area contributed by atoms with Crippen LogP contribution in [0.15, 0.2) is 72.9 Å². The van der Waals surface area contributed by atoms with Crippen LogP contribution in [0.1, 0.15) is 45.6 Å². The molecular weight excluding hydrogens is 453 g/mol. The van der Waals surface area contributed by atoms with Crippen molar-refractivity contribution in [2.75, 3.05) is 0 Å². The summed E-state index contributed by atoms with van der Waals surface area (Å²) in [4.78, 5) is 28.1. The maximum Gasteiger partial charge on any atom is 0.307 e. The Bertz CT molecular complexity index is 1350. The summed E-state index contributed by atoms with van der Waals surface area (Å²) < 4.78 is 14.9. The number of aromatic nitrogens is 1. The monoisotopic (exact) mass is 475 g/mol. The van der Waals surface area contributed by atoms with Crippen molar-refractivity contribution in [3.05, 3.63) is 112 Å². The van der Waals surface area contributed by atoms with Crippen LogP contribution >= 0.6 is 11.6 Å². The Morgan fingerprint density at radius 1 is 0.941 bits per heavy atom. The van der Waals surface area contributed by atoms with Crippen molar-refractivity contribution < 1.29 is 19.1 Å². The molecule has 3 aromatic carbocycles. The van der Waals surface area contributed by atoms with E-state index in [0.29, 0.717) is 40.2 Å². The van der Waals surface area contributed by atoms with Gasteiger partial charge in [-0.2, -0.15) is 0 Å². The lowest BCUT2D eigenvalue weighted by Gasteiger charge is -2.11. The van der Waals surface area contributed by atoms with E-state index in [2.05, 4.69) is 4.98 Å². The Hall–Kier alpha value is -3.57. The van der Waals surface area contributed by atoms with Crippen molar-refractivity contribution in [1.82, 2.24) is 4.98 Å². The molecule has 4 nitrogen and oxygen atoms in total. The van der Waals surface area contributed by atoms with E-state index < -0.39 is 11.8 Å². The van der Waals surface area contributed by atoms with Gasteiger partial charge in [0.25, 0.3) is 0 Å². The van der Waals surface area contributed by atoms with Crippen LogP contribution < -0.4 is 0 Å². The second-order valence-corrected chi connectivity index (χ2v) is 8.67. The number of carbonyl (C=O) groups is 2. The zero-order chi connectivity index (χ0) is 24.1. The minimum absolute atomic E-state index is 0.0963. The molecule has 1 aromatic heterocycles. The topological polar surface area (TPSA) is 67.3 Å². The summed E-state index contributed by atoms with van der Waals surface area (Å²) in [6, 6.07) is 19.5. The van der Waals surface area contributed by atoms with Gasteiger partial charge in [0.2, 0.25) is 0 Å². The van der Waals surface area contributed by atoms with Gasteiger partial charge >= 0.3 is 5.97 Å². The number of ketones is 1. The Labute approximate surface area is 202 Å². The van der Waals surface area contributed by atoms with Crippen LogP contribution in [0.4, 0.5) is 4.39 Å². The van der Waals surface area contributed by atoms with E-state index in [0.717, 1.165) is 22.8 Å². The number of carboxylic acid groups (broad SMARTS) is 1. The first-order chi connectivity index (χ1) is 16.4. The largest absolute Gasteiger partial charge is 0.481 e. The highest BCUT2D eigenvalue weighted by atomic mass is 35.5. The number of fused-ring (bicyclic) bond motifs is 1. The molecule has 1 heterocycles. The number of halogens is 2. The van der Waals surface area contributed by atoms with Gasteiger partial charge < -0.3 is 5.11 Å². The highest BCUT2D eigenvalue weighted by Crippen LogP contribution is 2.25.